The third kappa shape index (κ3) is 4.03. The Labute approximate surface area is 191 Å². The third-order valence-electron chi connectivity index (χ3n) is 6.45. The quantitative estimate of drug-likeness (QED) is 0.671. The number of rotatable bonds is 6. The smallest absolute Gasteiger partial charge is 0.261 e. The van der Waals surface area contributed by atoms with E-state index in [1.54, 1.807) is 11.8 Å². The lowest BCUT2D eigenvalue weighted by molar-refractivity contribution is -0.150. The second kappa shape index (κ2) is 8.32. The fraction of sp³-hybridized carbons (Fsp3) is 0.520. The minimum atomic E-state index is -2.68. The summed E-state index contributed by atoms with van der Waals surface area (Å²) in [4.78, 5) is 0. The average molecular weight is 459 g/mol. The maximum atomic E-state index is 10.6. The Morgan fingerprint density at radius 3 is 2.03 bits per heavy atom. The SMILES string of the molecule is CC1(C)O[C@H]2CS[C@](CO)(CO[Si](c3ccccc3)(c3ccccc3)C(C)(C)C)[C@H]2O1. The van der Waals surface area contributed by atoms with Crippen LogP contribution in [0.3, 0.4) is 0 Å². The Hall–Kier alpha value is -1.15. The highest BCUT2D eigenvalue weighted by atomic mass is 32.2. The summed E-state index contributed by atoms with van der Waals surface area (Å²) in [6.07, 6.45) is -0.203. The van der Waals surface area contributed by atoms with Gasteiger partial charge in [-0.3, -0.25) is 0 Å². The molecule has 0 aromatic heterocycles. The molecule has 6 heteroatoms. The molecule has 4 nitrogen and oxygen atoms in total. The van der Waals surface area contributed by atoms with Gasteiger partial charge in [-0.2, -0.15) is 0 Å². The van der Waals surface area contributed by atoms with Crippen molar-refractivity contribution in [1.29, 1.82) is 0 Å². The molecule has 2 aliphatic heterocycles. The fourth-order valence-corrected chi connectivity index (χ4v) is 11.1. The Morgan fingerprint density at radius 1 is 1.00 bits per heavy atom. The predicted molar refractivity (Wildman–Crippen MR) is 130 cm³/mol. The highest BCUT2D eigenvalue weighted by molar-refractivity contribution is 8.01. The molecule has 0 aliphatic carbocycles. The zero-order chi connectivity index (χ0) is 22.3. The number of thioether (sulfide) groups is 1. The third-order valence-corrected chi connectivity index (χ3v) is 13.0. The molecular formula is C25H34O4SSi. The van der Waals surface area contributed by atoms with Crippen LogP contribution in [0.15, 0.2) is 60.7 Å². The predicted octanol–water partition coefficient (Wildman–Crippen LogP) is 3.56. The van der Waals surface area contributed by atoms with Crippen LogP contribution in [-0.2, 0) is 13.9 Å². The van der Waals surface area contributed by atoms with Gasteiger partial charge in [0.25, 0.3) is 8.32 Å². The Balaban J connectivity index is 1.75. The second-order valence-corrected chi connectivity index (χ2v) is 15.8. The van der Waals surface area contributed by atoms with E-state index in [1.807, 2.05) is 13.8 Å². The summed E-state index contributed by atoms with van der Waals surface area (Å²) in [6.45, 7) is 11.1. The van der Waals surface area contributed by atoms with Crippen LogP contribution in [0.1, 0.15) is 34.6 Å². The fourth-order valence-electron chi connectivity index (χ4n) is 5.03. The first kappa shape index (κ1) is 23.0. The van der Waals surface area contributed by atoms with Crippen molar-refractivity contribution in [1.82, 2.24) is 0 Å². The largest absolute Gasteiger partial charge is 0.406 e. The lowest BCUT2D eigenvalue weighted by atomic mass is 10.00. The average Bonchev–Trinajstić information content (AvgIpc) is 3.22. The normalized spacial score (nSPS) is 27.9. The van der Waals surface area contributed by atoms with E-state index < -0.39 is 18.9 Å². The molecule has 2 aliphatic rings. The van der Waals surface area contributed by atoms with Crippen LogP contribution in [0.25, 0.3) is 0 Å². The van der Waals surface area contributed by atoms with E-state index in [4.69, 9.17) is 13.9 Å². The van der Waals surface area contributed by atoms with Crippen molar-refractivity contribution in [3.8, 4) is 0 Å². The molecule has 0 radical (unpaired) electrons. The van der Waals surface area contributed by atoms with Crippen molar-refractivity contribution in [3.63, 3.8) is 0 Å². The van der Waals surface area contributed by atoms with Crippen LogP contribution in [0, 0.1) is 0 Å². The van der Waals surface area contributed by atoms with Crippen LogP contribution in [-0.4, -0.2) is 55.1 Å². The Morgan fingerprint density at radius 2 is 1.55 bits per heavy atom. The van der Waals surface area contributed by atoms with Gasteiger partial charge in [-0.15, -0.1) is 11.8 Å². The van der Waals surface area contributed by atoms with Gasteiger partial charge in [-0.1, -0.05) is 81.4 Å². The van der Waals surface area contributed by atoms with Gasteiger partial charge < -0.3 is 19.0 Å². The molecule has 2 heterocycles. The zero-order valence-corrected chi connectivity index (χ0v) is 20.9. The molecule has 2 fully saturated rings. The van der Waals surface area contributed by atoms with Crippen LogP contribution in [0.4, 0.5) is 0 Å². The van der Waals surface area contributed by atoms with Crippen LogP contribution >= 0.6 is 11.8 Å². The molecule has 2 aromatic carbocycles. The summed E-state index contributed by atoms with van der Waals surface area (Å²) in [5.74, 6) is 0.174. The van der Waals surface area contributed by atoms with Crippen LogP contribution < -0.4 is 10.4 Å². The van der Waals surface area contributed by atoms with Gasteiger partial charge in [0.05, 0.1) is 24.1 Å². The van der Waals surface area contributed by atoms with Gasteiger partial charge in [-0.25, -0.2) is 0 Å². The van der Waals surface area contributed by atoms with E-state index in [0.717, 1.165) is 5.75 Å². The molecule has 0 bridgehead atoms. The van der Waals surface area contributed by atoms with Crippen molar-refractivity contribution in [2.75, 3.05) is 19.0 Å². The van der Waals surface area contributed by atoms with E-state index in [2.05, 4.69) is 81.4 Å². The van der Waals surface area contributed by atoms with Crippen molar-refractivity contribution in [2.24, 2.45) is 0 Å². The van der Waals surface area contributed by atoms with E-state index >= 15 is 0 Å². The van der Waals surface area contributed by atoms with Crippen LogP contribution in [0.5, 0.6) is 0 Å². The van der Waals surface area contributed by atoms with Gasteiger partial charge in [0.2, 0.25) is 0 Å². The molecular weight excluding hydrogens is 424 g/mol. The Bertz CT molecular complexity index is 844. The molecule has 3 atom stereocenters. The number of aliphatic hydroxyl groups excluding tert-OH is 1. The maximum absolute atomic E-state index is 10.6. The number of ether oxygens (including phenoxy) is 2. The van der Waals surface area contributed by atoms with Gasteiger partial charge in [-0.05, 0) is 29.3 Å². The number of aliphatic hydroxyl groups is 1. The summed E-state index contributed by atoms with van der Waals surface area (Å²) in [6, 6.07) is 21.2. The molecule has 2 aromatic rings. The summed E-state index contributed by atoms with van der Waals surface area (Å²) in [5, 5.41) is 12.9. The highest BCUT2D eigenvalue weighted by Crippen LogP contribution is 2.49. The molecule has 0 unspecified atom stereocenters. The van der Waals surface area contributed by atoms with E-state index in [9.17, 15) is 5.11 Å². The summed E-state index contributed by atoms with van der Waals surface area (Å²) in [5.41, 5.74) is 0. The number of fused-ring (bicyclic) bond motifs is 1. The molecule has 31 heavy (non-hydrogen) atoms. The summed E-state index contributed by atoms with van der Waals surface area (Å²) >= 11 is 1.72. The first-order valence-corrected chi connectivity index (χ1v) is 13.9. The molecule has 4 rings (SSSR count). The van der Waals surface area contributed by atoms with Crippen LogP contribution in [0.2, 0.25) is 5.04 Å². The summed E-state index contributed by atoms with van der Waals surface area (Å²) in [7, 11) is -2.68. The minimum absolute atomic E-state index is 0.00350. The van der Waals surface area contributed by atoms with Gasteiger partial charge >= 0.3 is 0 Å². The molecule has 168 valence electrons. The second-order valence-electron chi connectivity index (χ2n) is 10.1. The van der Waals surface area contributed by atoms with Gasteiger partial charge in [0, 0.05) is 5.75 Å². The van der Waals surface area contributed by atoms with Crippen molar-refractivity contribution in [3.05, 3.63) is 60.7 Å². The lowest BCUT2D eigenvalue weighted by Gasteiger charge is -2.45. The highest BCUT2D eigenvalue weighted by Gasteiger charge is 2.60. The van der Waals surface area contributed by atoms with Gasteiger partial charge in [0.1, 0.15) is 6.10 Å². The lowest BCUT2D eigenvalue weighted by Crippen LogP contribution is -2.68. The van der Waals surface area contributed by atoms with E-state index in [0.29, 0.717) is 6.61 Å². The monoisotopic (exact) mass is 458 g/mol. The van der Waals surface area contributed by atoms with E-state index in [1.165, 1.54) is 10.4 Å². The molecule has 0 amide bonds. The maximum Gasteiger partial charge on any atom is 0.261 e. The Kier molecular flexibility index (Phi) is 6.18. The first-order chi connectivity index (χ1) is 14.6. The topological polar surface area (TPSA) is 47.9 Å². The first-order valence-electron chi connectivity index (χ1n) is 11.0. The molecule has 0 saturated carbocycles. The van der Waals surface area contributed by atoms with Gasteiger partial charge in [0.15, 0.2) is 5.79 Å². The zero-order valence-electron chi connectivity index (χ0n) is 19.1. The van der Waals surface area contributed by atoms with E-state index in [-0.39, 0.29) is 23.9 Å². The number of hydrogen-bond acceptors (Lipinski definition) is 5. The number of benzene rings is 2. The molecule has 1 N–H and O–H groups in total. The van der Waals surface area contributed by atoms with Crippen molar-refractivity contribution >= 4 is 30.5 Å². The molecule has 0 spiro atoms. The standard InChI is InChI=1S/C25H34O4SSi/c1-23(2,3)31(19-12-8-6-9-13-19,20-14-10-7-11-15-20)27-18-25(17-26)22-21(16-30-25)28-24(4,5)29-22/h6-15,21-22,26H,16-18H2,1-5H3/t21-,22-,25+/m0/s1. The van der Waals surface area contributed by atoms with Crippen molar-refractivity contribution in [2.45, 2.75) is 62.4 Å². The van der Waals surface area contributed by atoms with Crippen molar-refractivity contribution < 1.29 is 19.0 Å². The minimum Gasteiger partial charge on any atom is -0.406 e. The summed E-state index contributed by atoms with van der Waals surface area (Å²) < 4.78 is 19.0. The number of hydrogen-bond donors (Lipinski definition) is 1. The molecule has 2 saturated heterocycles.